The molecule has 0 saturated heterocycles. The van der Waals surface area contributed by atoms with E-state index in [0.717, 1.165) is 6.07 Å². The van der Waals surface area contributed by atoms with Gasteiger partial charge in [-0.25, -0.2) is 5.01 Å². The molecule has 0 unspecified atom stereocenters. The van der Waals surface area contributed by atoms with E-state index in [9.17, 15) is 29.3 Å². The van der Waals surface area contributed by atoms with Crippen molar-refractivity contribution in [2.75, 3.05) is 5.88 Å². The molecular formula is C25H15Cl4N3O6. The van der Waals surface area contributed by atoms with Crippen LogP contribution in [0, 0.1) is 10.1 Å². The lowest BCUT2D eigenvalue weighted by atomic mass is 10.0. The fourth-order valence-corrected chi connectivity index (χ4v) is 4.86. The summed E-state index contributed by atoms with van der Waals surface area (Å²) >= 11 is 24.2. The number of ketones is 1. The second kappa shape index (κ2) is 11.1. The lowest BCUT2D eigenvalue weighted by molar-refractivity contribution is -0.385. The Morgan fingerprint density at radius 2 is 1.61 bits per heavy atom. The number of alkyl halides is 1. The van der Waals surface area contributed by atoms with Gasteiger partial charge < -0.3 is 0 Å². The van der Waals surface area contributed by atoms with Crippen LogP contribution in [0.4, 0.5) is 5.69 Å². The summed E-state index contributed by atoms with van der Waals surface area (Å²) in [4.78, 5) is 65.4. The second-order valence-electron chi connectivity index (χ2n) is 8.02. The predicted molar refractivity (Wildman–Crippen MR) is 141 cm³/mol. The molecule has 4 rings (SSSR count). The van der Waals surface area contributed by atoms with Crippen molar-refractivity contribution < 1.29 is 24.1 Å². The fraction of sp³-hybridized carbons (Fsp3) is 0.120. The zero-order valence-corrected chi connectivity index (χ0v) is 22.1. The Bertz CT molecular complexity index is 1490. The largest absolute Gasteiger partial charge is 0.292 e. The van der Waals surface area contributed by atoms with Gasteiger partial charge in [0.05, 0.1) is 21.1 Å². The van der Waals surface area contributed by atoms with Gasteiger partial charge in [-0.2, -0.15) is 5.01 Å². The van der Waals surface area contributed by atoms with Gasteiger partial charge in [0.25, 0.3) is 23.4 Å². The zero-order valence-electron chi connectivity index (χ0n) is 19.1. The Kier molecular flexibility index (Phi) is 8.03. The summed E-state index contributed by atoms with van der Waals surface area (Å²) < 4.78 is 0. The third-order valence-corrected chi connectivity index (χ3v) is 6.78. The average Bonchev–Trinajstić information content (AvgIpc) is 3.13. The van der Waals surface area contributed by atoms with Gasteiger partial charge in [-0.3, -0.25) is 29.3 Å². The third kappa shape index (κ3) is 4.98. The number of fused-ring (bicyclic) bond motifs is 1. The number of carbonyl (C=O) groups is 4. The topological polar surface area (TPSA) is 118 Å². The monoisotopic (exact) mass is 593 g/mol. The number of nitro benzene ring substituents is 1. The number of amides is 3. The molecule has 1 heterocycles. The van der Waals surface area contributed by atoms with Crippen molar-refractivity contribution in [3.63, 3.8) is 0 Å². The molecule has 38 heavy (non-hydrogen) atoms. The van der Waals surface area contributed by atoms with E-state index in [1.165, 1.54) is 54.6 Å². The maximum atomic E-state index is 13.9. The highest BCUT2D eigenvalue weighted by Gasteiger charge is 2.49. The van der Waals surface area contributed by atoms with Gasteiger partial charge in [0.1, 0.15) is 11.6 Å². The maximum absolute atomic E-state index is 13.9. The molecule has 0 aliphatic carbocycles. The van der Waals surface area contributed by atoms with Crippen LogP contribution >= 0.6 is 46.4 Å². The van der Waals surface area contributed by atoms with Crippen LogP contribution in [0.15, 0.2) is 60.7 Å². The molecule has 3 aromatic carbocycles. The molecule has 1 atom stereocenters. The molecule has 0 saturated carbocycles. The minimum absolute atomic E-state index is 0.112. The van der Waals surface area contributed by atoms with E-state index in [1.807, 2.05) is 0 Å². The van der Waals surface area contributed by atoms with Crippen molar-refractivity contribution in [3.8, 4) is 0 Å². The van der Waals surface area contributed by atoms with Gasteiger partial charge in [-0.15, -0.1) is 11.6 Å². The first-order valence-electron chi connectivity index (χ1n) is 10.9. The van der Waals surface area contributed by atoms with Gasteiger partial charge in [0.15, 0.2) is 5.78 Å². The summed E-state index contributed by atoms with van der Waals surface area (Å²) in [5.74, 6) is -3.99. The number of hydrogen-bond acceptors (Lipinski definition) is 6. The van der Waals surface area contributed by atoms with Gasteiger partial charge in [-0.05, 0) is 55.0 Å². The number of nitro groups is 1. The second-order valence-corrected chi connectivity index (χ2v) is 9.68. The number of nitrogens with zero attached hydrogens (tertiary/aromatic N) is 3. The fourth-order valence-electron chi connectivity index (χ4n) is 4.04. The zero-order chi connectivity index (χ0) is 27.7. The first-order chi connectivity index (χ1) is 18.1. The predicted octanol–water partition coefficient (Wildman–Crippen LogP) is 6.09. The van der Waals surface area contributed by atoms with Gasteiger partial charge in [0.2, 0.25) is 0 Å². The molecule has 13 heteroatoms. The van der Waals surface area contributed by atoms with Crippen LogP contribution < -0.4 is 0 Å². The van der Waals surface area contributed by atoms with E-state index in [0.29, 0.717) is 15.0 Å². The Morgan fingerprint density at radius 1 is 0.947 bits per heavy atom. The van der Waals surface area contributed by atoms with Crippen molar-refractivity contribution in [2.45, 2.75) is 12.5 Å². The summed E-state index contributed by atoms with van der Waals surface area (Å²) in [5, 5.41) is 13.1. The van der Waals surface area contributed by atoms with Gasteiger partial charge in [-0.1, -0.05) is 40.9 Å². The van der Waals surface area contributed by atoms with E-state index in [-0.39, 0.29) is 39.0 Å². The lowest BCUT2D eigenvalue weighted by Gasteiger charge is -2.36. The number of benzene rings is 3. The first kappa shape index (κ1) is 27.5. The minimum Gasteiger partial charge on any atom is -0.292 e. The van der Waals surface area contributed by atoms with Crippen molar-refractivity contribution in [1.29, 1.82) is 0 Å². The molecule has 9 nitrogen and oxygen atoms in total. The highest BCUT2D eigenvalue weighted by molar-refractivity contribution is 6.37. The average molecular weight is 595 g/mol. The van der Waals surface area contributed by atoms with Crippen LogP contribution in [-0.4, -0.2) is 50.4 Å². The molecule has 3 amide bonds. The highest BCUT2D eigenvalue weighted by atomic mass is 35.5. The van der Waals surface area contributed by atoms with Crippen LogP contribution in [-0.2, 0) is 0 Å². The van der Waals surface area contributed by atoms with Crippen LogP contribution in [0.3, 0.4) is 0 Å². The van der Waals surface area contributed by atoms with E-state index >= 15 is 0 Å². The minimum atomic E-state index is -1.48. The molecule has 0 radical (unpaired) electrons. The molecule has 0 fully saturated rings. The molecule has 0 spiro atoms. The molecule has 0 N–H and O–H groups in total. The summed E-state index contributed by atoms with van der Waals surface area (Å²) in [5.41, 5.74) is -1.49. The number of hydrogen-bond donors (Lipinski definition) is 0. The van der Waals surface area contributed by atoms with Crippen molar-refractivity contribution >= 4 is 75.6 Å². The Labute approximate surface area is 235 Å². The summed E-state index contributed by atoms with van der Waals surface area (Å²) in [6, 6.07) is 11.7. The Morgan fingerprint density at radius 3 is 2.21 bits per heavy atom. The van der Waals surface area contributed by atoms with Crippen molar-refractivity contribution in [1.82, 2.24) is 10.0 Å². The molecule has 0 aromatic heterocycles. The van der Waals surface area contributed by atoms with Crippen molar-refractivity contribution in [2.24, 2.45) is 0 Å². The number of halogens is 4. The molecule has 3 aromatic rings. The molecule has 1 aliphatic rings. The standard InChI is InChI=1S/C25H15Cl4N3O6/c26-11-10-20(22(33)13-4-6-14(27)7-5-13)30(23(34)16-9-8-15(28)12-18(16)29)31-24(35)17-2-1-3-19(32(37)38)21(17)25(31)36/h1-9,12,20H,10-11H2/t20-/m1/s1. The number of Topliss-reactive ketones (excluding diaryl/α,β-unsaturated/α-hetero) is 1. The molecule has 194 valence electrons. The first-order valence-corrected chi connectivity index (χ1v) is 12.5. The SMILES string of the molecule is O=C(c1ccc(Cl)cc1)[C@@H](CCCl)N(C(=O)c1ccc(Cl)cc1Cl)N1C(=O)c2cccc([N+](=O)[O-])c2C1=O. The Balaban J connectivity index is 1.91. The van der Waals surface area contributed by atoms with Crippen LogP contribution in [0.1, 0.15) is 47.9 Å². The third-order valence-electron chi connectivity index (χ3n) is 5.76. The van der Waals surface area contributed by atoms with E-state index in [2.05, 4.69) is 0 Å². The molecule has 0 bridgehead atoms. The van der Waals surface area contributed by atoms with Gasteiger partial charge >= 0.3 is 0 Å². The number of rotatable bonds is 8. The summed E-state index contributed by atoms with van der Waals surface area (Å²) in [6.07, 6.45) is -0.185. The van der Waals surface area contributed by atoms with Crippen LogP contribution in [0.2, 0.25) is 15.1 Å². The van der Waals surface area contributed by atoms with E-state index in [4.69, 9.17) is 46.4 Å². The maximum Gasteiger partial charge on any atom is 0.287 e. The number of imide groups is 1. The lowest BCUT2D eigenvalue weighted by Crippen LogP contribution is -2.57. The van der Waals surface area contributed by atoms with Crippen LogP contribution in [0.5, 0.6) is 0 Å². The van der Waals surface area contributed by atoms with Gasteiger partial charge in [0, 0.05) is 27.6 Å². The quantitative estimate of drug-likeness (QED) is 0.102. The Hall–Kier alpha value is -3.50. The smallest absolute Gasteiger partial charge is 0.287 e. The summed E-state index contributed by atoms with van der Waals surface area (Å²) in [6.45, 7) is 0. The number of carbonyl (C=O) groups excluding carboxylic acids is 4. The normalized spacial score (nSPS) is 13.3. The van der Waals surface area contributed by atoms with Crippen molar-refractivity contribution in [3.05, 3.63) is 108 Å². The van der Waals surface area contributed by atoms with E-state index in [1.54, 1.807) is 0 Å². The highest BCUT2D eigenvalue weighted by Crippen LogP contribution is 2.35. The molecular weight excluding hydrogens is 580 g/mol. The van der Waals surface area contributed by atoms with Crippen LogP contribution in [0.25, 0.3) is 0 Å². The molecule has 1 aliphatic heterocycles. The number of hydrazine groups is 1. The summed E-state index contributed by atoms with van der Waals surface area (Å²) in [7, 11) is 0. The van der Waals surface area contributed by atoms with E-state index < -0.39 is 45.7 Å².